The van der Waals surface area contributed by atoms with Gasteiger partial charge in [-0.1, -0.05) is 0 Å². The first-order chi connectivity index (χ1) is 12.4. The molecule has 0 radical (unpaired) electrons. The number of aryl methyl sites for hydroxylation is 1. The summed E-state index contributed by atoms with van der Waals surface area (Å²) in [6.07, 6.45) is 6.20. The van der Waals surface area contributed by atoms with Gasteiger partial charge in [-0.05, 0) is 38.3 Å². The number of nitrogens with zero attached hydrogens (tertiary/aromatic N) is 5. The number of piperidine rings is 1. The largest absolute Gasteiger partial charge is 0.383 e. The van der Waals surface area contributed by atoms with E-state index in [-0.39, 0.29) is 11.3 Å². The molecule has 2 heterocycles. The molecule has 1 unspecified atom stereocenters. The quantitative estimate of drug-likeness (QED) is 0.751. The van der Waals surface area contributed by atoms with Crippen LogP contribution in [0.1, 0.15) is 30.5 Å². The van der Waals surface area contributed by atoms with Crippen molar-refractivity contribution in [3.63, 3.8) is 0 Å². The van der Waals surface area contributed by atoms with Crippen LogP contribution in [0.4, 0.5) is 5.95 Å². The average molecular weight is 361 g/mol. The summed E-state index contributed by atoms with van der Waals surface area (Å²) in [5, 5.41) is 0. The van der Waals surface area contributed by atoms with E-state index in [1.807, 2.05) is 42.0 Å². The summed E-state index contributed by atoms with van der Waals surface area (Å²) in [5.74, 6) is 0.964. The highest BCUT2D eigenvalue weighted by Crippen LogP contribution is 2.44. The highest BCUT2D eigenvalue weighted by Gasteiger charge is 2.44. The highest BCUT2D eigenvalue weighted by molar-refractivity contribution is 5.78. The normalized spacial score (nSPS) is 22.1. The predicted molar refractivity (Wildman–Crippen MR) is 102 cm³/mol. The summed E-state index contributed by atoms with van der Waals surface area (Å²) in [6, 6.07) is 0. The van der Waals surface area contributed by atoms with Crippen LogP contribution in [0.5, 0.6) is 0 Å². The minimum atomic E-state index is 0.00203. The van der Waals surface area contributed by atoms with Crippen LogP contribution >= 0.6 is 0 Å². The lowest BCUT2D eigenvalue weighted by atomic mass is 9.77. The molecule has 1 saturated heterocycles. The van der Waals surface area contributed by atoms with E-state index < -0.39 is 0 Å². The van der Waals surface area contributed by atoms with E-state index in [1.54, 1.807) is 7.11 Å². The molecular weight excluding hydrogens is 330 g/mol. The van der Waals surface area contributed by atoms with Crippen molar-refractivity contribution < 1.29 is 9.53 Å². The number of carbonyl (C=O) groups excluding carboxylic acids is 1. The average Bonchev–Trinajstić information content (AvgIpc) is 2.97. The Kier molecular flexibility index (Phi) is 5.77. The van der Waals surface area contributed by atoms with Gasteiger partial charge in [0.2, 0.25) is 11.9 Å². The Balaban J connectivity index is 1.73. The third kappa shape index (κ3) is 3.83. The molecule has 144 valence electrons. The molecule has 1 aliphatic heterocycles. The highest BCUT2D eigenvalue weighted by atomic mass is 16.5. The zero-order valence-electron chi connectivity index (χ0n) is 16.5. The Labute approximate surface area is 156 Å². The summed E-state index contributed by atoms with van der Waals surface area (Å²) in [6.45, 7) is 3.48. The minimum Gasteiger partial charge on any atom is -0.383 e. The second-order valence-electron chi connectivity index (χ2n) is 7.87. The van der Waals surface area contributed by atoms with Crippen molar-refractivity contribution in [2.24, 2.45) is 0 Å². The third-order valence-electron chi connectivity index (χ3n) is 5.64. The number of hydrogen-bond donors (Lipinski definition) is 0. The van der Waals surface area contributed by atoms with Gasteiger partial charge in [0.1, 0.15) is 0 Å². The number of carbonyl (C=O) groups is 1. The van der Waals surface area contributed by atoms with Crippen molar-refractivity contribution in [3.05, 3.63) is 17.5 Å². The first-order valence-electron chi connectivity index (χ1n) is 9.44. The number of ether oxygens (including phenoxy) is 1. The number of hydrogen-bond acceptors (Lipinski definition) is 6. The van der Waals surface area contributed by atoms with Gasteiger partial charge in [0.05, 0.1) is 18.8 Å². The molecule has 1 aliphatic carbocycles. The van der Waals surface area contributed by atoms with E-state index in [1.165, 1.54) is 11.3 Å². The molecule has 2 aliphatic rings. The summed E-state index contributed by atoms with van der Waals surface area (Å²) >= 11 is 0. The fraction of sp³-hybridized carbons (Fsp3) is 0.737. The standard InChI is InChI=1S/C19H31N5O2/c1-22(2)18-20-12-15-6-8-19(17(15)21-18)7-5-9-24(14-19)16(25)13-23(3)10-11-26-4/h12H,5-11,13-14H2,1-4H3. The number of methoxy groups -OCH3 is 1. The monoisotopic (exact) mass is 361 g/mol. The van der Waals surface area contributed by atoms with Crippen molar-refractivity contribution in [3.8, 4) is 0 Å². The van der Waals surface area contributed by atoms with Crippen LogP contribution in [0, 0.1) is 0 Å². The van der Waals surface area contributed by atoms with Gasteiger partial charge in [0.25, 0.3) is 0 Å². The Morgan fingerprint density at radius 1 is 1.35 bits per heavy atom. The molecule has 0 aromatic carbocycles. The van der Waals surface area contributed by atoms with E-state index in [2.05, 4.69) is 4.98 Å². The zero-order chi connectivity index (χ0) is 18.7. The van der Waals surface area contributed by atoms with E-state index in [0.717, 1.165) is 51.3 Å². The molecule has 26 heavy (non-hydrogen) atoms. The minimum absolute atomic E-state index is 0.00203. The van der Waals surface area contributed by atoms with Gasteiger partial charge >= 0.3 is 0 Å². The molecule has 1 atom stereocenters. The van der Waals surface area contributed by atoms with Crippen molar-refractivity contribution in [2.45, 2.75) is 31.1 Å². The van der Waals surface area contributed by atoms with Gasteiger partial charge < -0.3 is 14.5 Å². The van der Waals surface area contributed by atoms with Gasteiger partial charge in [-0.2, -0.15) is 0 Å². The molecule has 1 aromatic rings. The summed E-state index contributed by atoms with van der Waals surface area (Å²) < 4.78 is 5.10. The van der Waals surface area contributed by atoms with Gasteiger partial charge in [0.15, 0.2) is 0 Å². The third-order valence-corrected chi connectivity index (χ3v) is 5.64. The first kappa shape index (κ1) is 19.0. The van der Waals surface area contributed by atoms with Gasteiger partial charge in [-0.3, -0.25) is 9.69 Å². The molecule has 0 bridgehead atoms. The lowest BCUT2D eigenvalue weighted by Gasteiger charge is -2.41. The lowest BCUT2D eigenvalue weighted by molar-refractivity contribution is -0.134. The van der Waals surface area contributed by atoms with Crippen LogP contribution < -0.4 is 4.90 Å². The van der Waals surface area contributed by atoms with Gasteiger partial charge in [0, 0.05) is 52.5 Å². The maximum atomic E-state index is 12.8. The van der Waals surface area contributed by atoms with E-state index in [4.69, 9.17) is 9.72 Å². The number of aromatic nitrogens is 2. The zero-order valence-corrected chi connectivity index (χ0v) is 16.5. The number of anilines is 1. The van der Waals surface area contributed by atoms with Crippen LogP contribution in [0.15, 0.2) is 6.20 Å². The molecule has 7 heteroatoms. The summed E-state index contributed by atoms with van der Waals surface area (Å²) in [4.78, 5) is 28.2. The van der Waals surface area contributed by atoms with Crippen LogP contribution in [0.25, 0.3) is 0 Å². The molecule has 3 rings (SSSR count). The van der Waals surface area contributed by atoms with Crippen LogP contribution in [0.3, 0.4) is 0 Å². The first-order valence-corrected chi connectivity index (χ1v) is 9.44. The predicted octanol–water partition coefficient (Wildman–Crippen LogP) is 0.927. The van der Waals surface area contributed by atoms with E-state index in [0.29, 0.717) is 13.2 Å². The van der Waals surface area contributed by atoms with Crippen LogP contribution in [-0.4, -0.2) is 86.7 Å². The second kappa shape index (κ2) is 7.88. The van der Waals surface area contributed by atoms with E-state index in [9.17, 15) is 4.79 Å². The van der Waals surface area contributed by atoms with E-state index >= 15 is 0 Å². The topological polar surface area (TPSA) is 61.8 Å². The maximum absolute atomic E-state index is 12.8. The Morgan fingerprint density at radius 2 is 2.15 bits per heavy atom. The molecule has 1 spiro atoms. The molecule has 0 saturated carbocycles. The summed E-state index contributed by atoms with van der Waals surface area (Å²) in [7, 11) is 7.59. The van der Waals surface area contributed by atoms with Gasteiger partial charge in [-0.25, -0.2) is 9.97 Å². The lowest BCUT2D eigenvalue weighted by Crippen LogP contribution is -2.50. The summed E-state index contributed by atoms with van der Waals surface area (Å²) in [5.41, 5.74) is 2.42. The Hall–Kier alpha value is -1.73. The molecule has 0 N–H and O–H groups in total. The smallest absolute Gasteiger partial charge is 0.236 e. The van der Waals surface area contributed by atoms with Crippen LogP contribution in [-0.2, 0) is 21.4 Å². The fourth-order valence-electron chi connectivity index (χ4n) is 4.15. The second-order valence-corrected chi connectivity index (χ2v) is 7.87. The molecular formula is C19H31N5O2. The van der Waals surface area contributed by atoms with Gasteiger partial charge in [-0.15, -0.1) is 0 Å². The number of likely N-dealkylation sites (tertiary alicyclic amines) is 1. The molecule has 7 nitrogen and oxygen atoms in total. The molecule has 1 fully saturated rings. The molecule has 1 aromatic heterocycles. The fourth-order valence-corrected chi connectivity index (χ4v) is 4.15. The van der Waals surface area contributed by atoms with Crippen molar-refractivity contribution in [1.29, 1.82) is 0 Å². The van der Waals surface area contributed by atoms with Crippen molar-refractivity contribution >= 4 is 11.9 Å². The number of fused-ring (bicyclic) bond motifs is 2. The Bertz CT molecular complexity index is 647. The SMILES string of the molecule is COCCN(C)CC(=O)N1CCCC2(CCc3cnc(N(C)C)nc32)C1. The van der Waals surface area contributed by atoms with Crippen molar-refractivity contribution in [2.75, 3.05) is 65.9 Å². The molecule has 1 amide bonds. The van der Waals surface area contributed by atoms with Crippen LogP contribution in [0.2, 0.25) is 0 Å². The Morgan fingerprint density at radius 3 is 2.88 bits per heavy atom. The van der Waals surface area contributed by atoms with Crippen molar-refractivity contribution in [1.82, 2.24) is 19.8 Å². The number of likely N-dealkylation sites (N-methyl/N-ethyl adjacent to an activating group) is 1. The number of rotatable bonds is 6. The number of amides is 1. The maximum Gasteiger partial charge on any atom is 0.236 e.